The van der Waals surface area contributed by atoms with E-state index in [9.17, 15) is 4.79 Å². The maximum atomic E-state index is 12.1. The van der Waals surface area contributed by atoms with E-state index in [0.29, 0.717) is 17.8 Å². The van der Waals surface area contributed by atoms with Crippen LogP contribution < -0.4 is 0 Å². The van der Waals surface area contributed by atoms with Crippen LogP contribution in [0.3, 0.4) is 0 Å². The minimum Gasteiger partial charge on any atom is -0.360 e. The Morgan fingerprint density at radius 2 is 1.84 bits per heavy atom. The Kier molecular flexibility index (Phi) is 2.70. The Morgan fingerprint density at radius 1 is 1.08 bits per heavy atom. The van der Waals surface area contributed by atoms with Crippen molar-refractivity contribution in [1.82, 2.24) is 0 Å². The Morgan fingerprint density at radius 3 is 2.64 bits per heavy atom. The predicted octanol–water partition coefficient (Wildman–Crippen LogP) is 3.02. The van der Waals surface area contributed by atoms with Crippen LogP contribution >= 0.6 is 0 Å². The van der Waals surface area contributed by atoms with Crippen molar-refractivity contribution in [3.8, 4) is 0 Å². The zero-order valence-corrected chi connectivity index (χ0v) is 15.0. The molecule has 0 radical (unpaired) electrons. The fraction of sp³-hybridized carbons (Fsp3) is 0.762. The van der Waals surface area contributed by atoms with E-state index in [0.717, 1.165) is 32.5 Å². The van der Waals surface area contributed by atoms with Gasteiger partial charge >= 0.3 is 0 Å². The standard InChI is InChI=1S/C21H26O4/c1-19-7-5-15-13(14(19)6-8-21(19)23-9-10-24-21)4-3-12-11-16(22)17-18(25-17)20(12,15)2/h3-4,11,13-15,17-18H,5-10H2,1-2H3/t13-,14-,15-,17-,18-,19-,20-/m0/s1. The third kappa shape index (κ3) is 1.59. The van der Waals surface area contributed by atoms with E-state index in [4.69, 9.17) is 14.2 Å². The molecule has 6 aliphatic rings. The molecule has 4 fully saturated rings. The Balaban J connectivity index is 1.42. The largest absolute Gasteiger partial charge is 0.360 e. The van der Waals surface area contributed by atoms with Crippen LogP contribution in [0.5, 0.6) is 0 Å². The van der Waals surface area contributed by atoms with E-state index >= 15 is 0 Å². The van der Waals surface area contributed by atoms with Crippen LogP contribution in [0.2, 0.25) is 0 Å². The lowest BCUT2D eigenvalue weighted by molar-refractivity contribution is -0.239. The molecule has 0 amide bonds. The quantitative estimate of drug-likeness (QED) is 0.635. The van der Waals surface area contributed by atoms with Crippen molar-refractivity contribution < 1.29 is 19.0 Å². The second-order valence-corrected chi connectivity index (χ2v) is 9.36. The maximum absolute atomic E-state index is 12.1. The van der Waals surface area contributed by atoms with Gasteiger partial charge in [-0.1, -0.05) is 26.0 Å². The average molecular weight is 342 g/mol. The summed E-state index contributed by atoms with van der Waals surface area (Å²) in [5.74, 6) is 1.49. The molecule has 0 aromatic rings. The van der Waals surface area contributed by atoms with E-state index in [2.05, 4.69) is 26.0 Å². The van der Waals surface area contributed by atoms with Crippen molar-refractivity contribution in [3.05, 3.63) is 23.8 Å². The monoisotopic (exact) mass is 342 g/mol. The smallest absolute Gasteiger partial charge is 0.187 e. The Bertz CT molecular complexity index is 717. The van der Waals surface area contributed by atoms with Gasteiger partial charge in [0.2, 0.25) is 0 Å². The zero-order valence-electron chi connectivity index (χ0n) is 15.0. The summed E-state index contributed by atoms with van der Waals surface area (Å²) in [6.07, 6.45) is 10.9. The first-order valence-electron chi connectivity index (χ1n) is 9.87. The van der Waals surface area contributed by atoms with Crippen LogP contribution in [0.15, 0.2) is 23.8 Å². The number of carbonyl (C=O) groups excluding carboxylic acids is 1. The van der Waals surface area contributed by atoms with Gasteiger partial charge in [0.1, 0.15) is 12.2 Å². The lowest BCUT2D eigenvalue weighted by atomic mass is 9.49. The van der Waals surface area contributed by atoms with Gasteiger partial charge in [-0.25, -0.2) is 0 Å². The number of fused-ring (bicyclic) bond motifs is 8. The van der Waals surface area contributed by atoms with Crippen molar-refractivity contribution in [2.45, 2.75) is 57.5 Å². The normalized spacial score (nSPS) is 54.6. The summed E-state index contributed by atoms with van der Waals surface area (Å²) in [5.41, 5.74) is 1.29. The van der Waals surface area contributed by atoms with Crippen molar-refractivity contribution >= 4 is 5.78 Å². The highest BCUT2D eigenvalue weighted by Crippen LogP contribution is 2.69. The predicted molar refractivity (Wildman–Crippen MR) is 90.7 cm³/mol. The maximum Gasteiger partial charge on any atom is 0.187 e. The minimum absolute atomic E-state index is 0.00747. The molecule has 0 aromatic heterocycles. The van der Waals surface area contributed by atoms with E-state index in [-0.39, 0.29) is 34.6 Å². The number of hydrogen-bond donors (Lipinski definition) is 0. The molecule has 0 N–H and O–H groups in total. The number of carbonyl (C=O) groups is 1. The Hall–Kier alpha value is -0.970. The van der Waals surface area contributed by atoms with Crippen LogP contribution in [-0.4, -0.2) is 37.0 Å². The third-order valence-corrected chi connectivity index (χ3v) is 8.68. The molecule has 0 unspecified atom stereocenters. The number of ketones is 1. The summed E-state index contributed by atoms with van der Waals surface area (Å²) in [6.45, 7) is 6.20. The third-order valence-electron chi connectivity index (χ3n) is 8.68. The number of epoxide rings is 1. The molecule has 4 heteroatoms. The second-order valence-electron chi connectivity index (χ2n) is 9.36. The number of hydrogen-bond acceptors (Lipinski definition) is 4. The van der Waals surface area contributed by atoms with Gasteiger partial charge in [-0.3, -0.25) is 4.79 Å². The molecule has 2 heterocycles. The molecular formula is C21H26O4. The fourth-order valence-electron chi connectivity index (χ4n) is 7.26. The van der Waals surface area contributed by atoms with Crippen LogP contribution in [0.1, 0.15) is 39.5 Å². The number of ether oxygens (including phenoxy) is 3. The number of rotatable bonds is 0. The summed E-state index contributed by atoms with van der Waals surface area (Å²) in [7, 11) is 0. The van der Waals surface area contributed by atoms with Gasteiger partial charge in [0, 0.05) is 17.3 Å². The van der Waals surface area contributed by atoms with Crippen LogP contribution in [0, 0.1) is 28.6 Å². The highest BCUT2D eigenvalue weighted by atomic mass is 16.7. The Labute approximate surface area is 148 Å². The lowest BCUT2D eigenvalue weighted by Crippen LogP contribution is -2.55. The van der Waals surface area contributed by atoms with Crippen molar-refractivity contribution in [3.63, 3.8) is 0 Å². The molecule has 7 atom stereocenters. The number of allylic oxidation sites excluding steroid dienone is 2. The zero-order chi connectivity index (χ0) is 17.0. The molecule has 4 nitrogen and oxygen atoms in total. The van der Waals surface area contributed by atoms with Crippen molar-refractivity contribution in [2.24, 2.45) is 28.6 Å². The summed E-state index contributed by atoms with van der Waals surface area (Å²) in [5, 5.41) is 0. The molecule has 25 heavy (non-hydrogen) atoms. The van der Waals surface area contributed by atoms with Crippen LogP contribution in [0.25, 0.3) is 0 Å². The average Bonchev–Trinajstić information content (AvgIpc) is 3.20. The molecule has 0 bridgehead atoms. The fourth-order valence-corrected chi connectivity index (χ4v) is 7.26. The van der Waals surface area contributed by atoms with Gasteiger partial charge < -0.3 is 14.2 Å². The molecule has 1 spiro atoms. The van der Waals surface area contributed by atoms with E-state index in [1.54, 1.807) is 0 Å². The summed E-state index contributed by atoms with van der Waals surface area (Å²) in [6, 6.07) is 0. The van der Waals surface area contributed by atoms with Gasteiger partial charge in [-0.15, -0.1) is 0 Å². The minimum atomic E-state index is -0.353. The van der Waals surface area contributed by atoms with Gasteiger partial charge in [0.05, 0.1) is 13.2 Å². The van der Waals surface area contributed by atoms with Crippen LogP contribution in [0.4, 0.5) is 0 Å². The van der Waals surface area contributed by atoms with Gasteiger partial charge in [-0.2, -0.15) is 0 Å². The molecule has 134 valence electrons. The van der Waals surface area contributed by atoms with E-state index in [1.165, 1.54) is 12.0 Å². The summed E-state index contributed by atoms with van der Waals surface area (Å²) in [4.78, 5) is 12.1. The second kappa shape index (κ2) is 4.47. The first-order valence-corrected chi connectivity index (χ1v) is 9.87. The van der Waals surface area contributed by atoms with Gasteiger partial charge in [0.15, 0.2) is 11.6 Å². The molecule has 2 aliphatic heterocycles. The van der Waals surface area contributed by atoms with Crippen LogP contribution in [-0.2, 0) is 19.0 Å². The van der Waals surface area contributed by atoms with Gasteiger partial charge in [0.25, 0.3) is 0 Å². The van der Waals surface area contributed by atoms with Gasteiger partial charge in [-0.05, 0) is 48.7 Å². The molecule has 0 aromatic carbocycles. The highest BCUT2D eigenvalue weighted by molar-refractivity contribution is 5.98. The first kappa shape index (κ1) is 15.1. The van der Waals surface area contributed by atoms with E-state index < -0.39 is 0 Å². The molecular weight excluding hydrogens is 316 g/mol. The summed E-state index contributed by atoms with van der Waals surface area (Å²) >= 11 is 0. The van der Waals surface area contributed by atoms with Crippen molar-refractivity contribution in [1.29, 1.82) is 0 Å². The molecule has 4 aliphatic carbocycles. The first-order chi connectivity index (χ1) is 12.0. The molecule has 2 saturated carbocycles. The molecule has 6 rings (SSSR count). The van der Waals surface area contributed by atoms with Crippen molar-refractivity contribution in [2.75, 3.05) is 13.2 Å². The summed E-state index contributed by atoms with van der Waals surface area (Å²) < 4.78 is 18.3. The highest BCUT2D eigenvalue weighted by Gasteiger charge is 2.70. The topological polar surface area (TPSA) is 48.1 Å². The van der Waals surface area contributed by atoms with E-state index in [1.807, 2.05) is 6.08 Å². The SMILES string of the molecule is C[C@@]12C(=CC(=O)[C@@H]3O[C@@H]31)C=C[C@@H]1[C@@H]2CC[C@@]2(C)[C@H]1CCC21OCCO1. The molecule has 2 saturated heterocycles. The lowest BCUT2D eigenvalue weighted by Gasteiger charge is -2.56.